The van der Waals surface area contributed by atoms with Gasteiger partial charge in [0.2, 0.25) is 10.0 Å². The highest BCUT2D eigenvalue weighted by Crippen LogP contribution is 2.30. The summed E-state index contributed by atoms with van der Waals surface area (Å²) >= 11 is 5.40. The highest BCUT2D eigenvalue weighted by Gasteiger charge is 2.29. The van der Waals surface area contributed by atoms with E-state index in [1.807, 2.05) is 6.92 Å². The van der Waals surface area contributed by atoms with Crippen LogP contribution in [-0.2, 0) is 10.0 Å². The average molecular weight is 226 g/mol. The molecule has 1 aliphatic rings. The predicted octanol–water partition coefficient (Wildman–Crippen LogP) is 1.63. The second-order valence-electron chi connectivity index (χ2n) is 3.52. The van der Waals surface area contributed by atoms with Crippen LogP contribution in [0.2, 0.25) is 0 Å². The zero-order valence-corrected chi connectivity index (χ0v) is 9.44. The molecule has 0 heterocycles. The molecule has 13 heavy (non-hydrogen) atoms. The maximum Gasteiger partial charge on any atom is 0.228 e. The van der Waals surface area contributed by atoms with E-state index in [2.05, 4.69) is 0 Å². The summed E-state index contributed by atoms with van der Waals surface area (Å²) in [5.41, 5.74) is 0. The zero-order chi connectivity index (χ0) is 9.90. The monoisotopic (exact) mass is 225 g/mol. The van der Waals surface area contributed by atoms with Gasteiger partial charge in [-0.1, -0.05) is 6.92 Å². The van der Waals surface area contributed by atoms with Crippen LogP contribution < -0.4 is 0 Å². The Hall–Kier alpha value is 0.200. The van der Waals surface area contributed by atoms with Gasteiger partial charge in [0.15, 0.2) is 0 Å². The molecular formula is C8H16ClNO2S. The highest BCUT2D eigenvalue weighted by atomic mass is 35.5. The number of rotatable bonds is 6. The van der Waals surface area contributed by atoms with Crippen LogP contribution in [0.25, 0.3) is 0 Å². The third-order valence-corrected chi connectivity index (χ3v) is 4.38. The third kappa shape index (κ3) is 3.44. The van der Waals surface area contributed by atoms with Crippen molar-refractivity contribution in [2.24, 2.45) is 5.92 Å². The summed E-state index contributed by atoms with van der Waals surface area (Å²) in [6.07, 6.45) is 3.18. The summed E-state index contributed by atoms with van der Waals surface area (Å²) in [5, 5.41) is -0.292. The Balaban J connectivity index is 2.54. The van der Waals surface area contributed by atoms with Gasteiger partial charge in [-0.2, -0.15) is 0 Å². The normalized spacial score (nSPS) is 18.1. The standard InChI is InChI=1S/C8H16ClNO2S/c1-2-5-10(6-8-3-4-8)13(11,12)7-9/h8H,2-7H2,1H3. The Labute approximate surface area is 85.1 Å². The van der Waals surface area contributed by atoms with Crippen molar-refractivity contribution in [3.63, 3.8) is 0 Å². The molecule has 0 aromatic rings. The fourth-order valence-corrected chi connectivity index (χ4v) is 2.70. The molecule has 78 valence electrons. The summed E-state index contributed by atoms with van der Waals surface area (Å²) in [6.45, 7) is 3.25. The molecule has 0 unspecified atom stereocenters. The van der Waals surface area contributed by atoms with E-state index in [0.29, 0.717) is 19.0 Å². The Bertz CT molecular complexity index is 249. The maximum absolute atomic E-state index is 11.4. The van der Waals surface area contributed by atoms with Crippen LogP contribution in [0, 0.1) is 5.92 Å². The largest absolute Gasteiger partial charge is 0.228 e. The van der Waals surface area contributed by atoms with Crippen LogP contribution in [0.3, 0.4) is 0 Å². The van der Waals surface area contributed by atoms with E-state index in [9.17, 15) is 8.42 Å². The lowest BCUT2D eigenvalue weighted by Gasteiger charge is -2.19. The van der Waals surface area contributed by atoms with Crippen molar-refractivity contribution < 1.29 is 8.42 Å². The number of hydrogen-bond acceptors (Lipinski definition) is 2. The maximum atomic E-state index is 11.4. The molecule has 3 nitrogen and oxygen atoms in total. The topological polar surface area (TPSA) is 37.4 Å². The fourth-order valence-electron chi connectivity index (χ4n) is 1.25. The van der Waals surface area contributed by atoms with Gasteiger partial charge in [-0.3, -0.25) is 0 Å². The van der Waals surface area contributed by atoms with Crippen molar-refractivity contribution in [1.82, 2.24) is 4.31 Å². The van der Waals surface area contributed by atoms with Gasteiger partial charge in [-0.15, -0.1) is 11.6 Å². The first-order valence-electron chi connectivity index (χ1n) is 4.64. The Morgan fingerprint density at radius 1 is 1.46 bits per heavy atom. The molecule has 0 saturated heterocycles. The summed E-state index contributed by atoms with van der Waals surface area (Å²) < 4.78 is 24.4. The summed E-state index contributed by atoms with van der Waals surface area (Å²) in [5.74, 6) is 0.588. The second kappa shape index (κ2) is 4.62. The van der Waals surface area contributed by atoms with Crippen LogP contribution in [0.1, 0.15) is 26.2 Å². The lowest BCUT2D eigenvalue weighted by Crippen LogP contribution is -2.34. The lowest BCUT2D eigenvalue weighted by atomic mass is 10.4. The van der Waals surface area contributed by atoms with Crippen LogP contribution >= 0.6 is 11.6 Å². The van der Waals surface area contributed by atoms with E-state index in [1.165, 1.54) is 4.31 Å². The summed E-state index contributed by atoms with van der Waals surface area (Å²) in [6, 6.07) is 0. The molecule has 1 aliphatic carbocycles. The molecule has 0 spiro atoms. The first-order valence-corrected chi connectivity index (χ1v) is 6.78. The van der Waals surface area contributed by atoms with Crippen molar-refractivity contribution in [3.05, 3.63) is 0 Å². The van der Waals surface area contributed by atoms with E-state index in [4.69, 9.17) is 11.6 Å². The molecular weight excluding hydrogens is 210 g/mol. The van der Waals surface area contributed by atoms with Gasteiger partial charge < -0.3 is 0 Å². The molecule has 1 rings (SSSR count). The number of sulfonamides is 1. The van der Waals surface area contributed by atoms with Gasteiger partial charge in [0.25, 0.3) is 0 Å². The van der Waals surface area contributed by atoms with E-state index < -0.39 is 10.0 Å². The second-order valence-corrected chi connectivity index (χ2v) is 6.08. The van der Waals surface area contributed by atoms with E-state index in [1.54, 1.807) is 0 Å². The van der Waals surface area contributed by atoms with Crippen LogP contribution in [0.5, 0.6) is 0 Å². The van der Waals surface area contributed by atoms with Crippen molar-refractivity contribution >= 4 is 21.6 Å². The predicted molar refractivity (Wildman–Crippen MR) is 54.2 cm³/mol. The molecule has 0 aromatic carbocycles. The molecule has 0 atom stereocenters. The van der Waals surface area contributed by atoms with Gasteiger partial charge in [0.1, 0.15) is 5.21 Å². The van der Waals surface area contributed by atoms with Gasteiger partial charge in [-0.25, -0.2) is 12.7 Å². The van der Waals surface area contributed by atoms with E-state index >= 15 is 0 Å². The number of nitrogens with zero attached hydrogens (tertiary/aromatic N) is 1. The molecule has 0 amide bonds. The molecule has 1 saturated carbocycles. The van der Waals surface area contributed by atoms with E-state index in [0.717, 1.165) is 19.3 Å². The summed E-state index contributed by atoms with van der Waals surface area (Å²) in [4.78, 5) is 0. The quantitative estimate of drug-likeness (QED) is 0.645. The molecule has 0 aliphatic heterocycles. The van der Waals surface area contributed by atoms with Crippen LogP contribution in [-0.4, -0.2) is 31.0 Å². The smallest absolute Gasteiger partial charge is 0.211 e. The van der Waals surface area contributed by atoms with Gasteiger partial charge in [-0.05, 0) is 25.2 Å². The van der Waals surface area contributed by atoms with E-state index in [-0.39, 0.29) is 5.21 Å². The van der Waals surface area contributed by atoms with Gasteiger partial charge in [0.05, 0.1) is 0 Å². The van der Waals surface area contributed by atoms with Crippen molar-refractivity contribution in [3.8, 4) is 0 Å². The van der Waals surface area contributed by atoms with Crippen LogP contribution in [0.15, 0.2) is 0 Å². The minimum atomic E-state index is -3.18. The SMILES string of the molecule is CCCN(CC1CC1)S(=O)(=O)CCl. The molecule has 5 heteroatoms. The Morgan fingerprint density at radius 2 is 2.08 bits per heavy atom. The Kier molecular flexibility index (Phi) is 4.01. The first-order chi connectivity index (χ1) is 6.10. The molecule has 0 bridgehead atoms. The van der Waals surface area contributed by atoms with Crippen molar-refractivity contribution in [1.29, 1.82) is 0 Å². The number of halogens is 1. The molecule has 0 radical (unpaired) electrons. The number of alkyl halides is 1. The Morgan fingerprint density at radius 3 is 2.46 bits per heavy atom. The first kappa shape index (κ1) is 11.3. The lowest BCUT2D eigenvalue weighted by molar-refractivity contribution is 0.398. The van der Waals surface area contributed by atoms with Crippen molar-refractivity contribution in [2.75, 3.05) is 18.3 Å². The van der Waals surface area contributed by atoms with Crippen molar-refractivity contribution in [2.45, 2.75) is 26.2 Å². The number of hydrogen-bond donors (Lipinski definition) is 0. The van der Waals surface area contributed by atoms with Gasteiger partial charge in [0, 0.05) is 13.1 Å². The highest BCUT2D eigenvalue weighted by molar-refractivity contribution is 7.90. The molecule has 0 aromatic heterocycles. The summed E-state index contributed by atoms with van der Waals surface area (Å²) in [7, 11) is -3.18. The fraction of sp³-hybridized carbons (Fsp3) is 1.00. The minimum absolute atomic E-state index is 0.292. The average Bonchev–Trinajstić information content (AvgIpc) is 2.87. The molecule has 1 fully saturated rings. The van der Waals surface area contributed by atoms with Gasteiger partial charge >= 0.3 is 0 Å². The molecule has 0 N–H and O–H groups in total. The van der Waals surface area contributed by atoms with Crippen LogP contribution in [0.4, 0.5) is 0 Å². The minimum Gasteiger partial charge on any atom is -0.211 e. The zero-order valence-electron chi connectivity index (χ0n) is 7.87. The third-order valence-electron chi connectivity index (χ3n) is 2.16.